The predicted molar refractivity (Wildman–Crippen MR) is 74.4 cm³/mol. The summed E-state index contributed by atoms with van der Waals surface area (Å²) >= 11 is 0. The Labute approximate surface area is 109 Å². The van der Waals surface area contributed by atoms with E-state index >= 15 is 0 Å². The third kappa shape index (κ3) is 4.37. The van der Waals surface area contributed by atoms with Gasteiger partial charge in [-0.15, -0.1) is 0 Å². The smallest absolute Gasteiger partial charge is 0.337 e. The van der Waals surface area contributed by atoms with E-state index in [-0.39, 0.29) is 17.3 Å². The van der Waals surface area contributed by atoms with E-state index in [2.05, 4.69) is 5.32 Å². The van der Waals surface area contributed by atoms with Gasteiger partial charge in [0.1, 0.15) is 0 Å². The molecule has 0 saturated heterocycles. The second-order valence-electron chi connectivity index (χ2n) is 4.22. The fraction of sp³-hybridized carbons (Fsp3) is 0.417. The summed E-state index contributed by atoms with van der Waals surface area (Å²) in [6.45, 7) is 1.96. The van der Waals surface area contributed by atoms with Gasteiger partial charge in [0.15, 0.2) is 0 Å². The van der Waals surface area contributed by atoms with E-state index < -0.39 is 16.8 Å². The van der Waals surface area contributed by atoms with Crippen molar-refractivity contribution in [2.24, 2.45) is 0 Å². The average molecular weight is 270 g/mol. The third-order valence-electron chi connectivity index (χ3n) is 2.54. The minimum atomic E-state index is -1.04. The van der Waals surface area contributed by atoms with Gasteiger partial charge in [-0.2, -0.15) is 0 Å². The molecule has 1 aromatic carbocycles. The van der Waals surface area contributed by atoms with Crippen LogP contribution >= 0.6 is 0 Å². The van der Waals surface area contributed by atoms with Gasteiger partial charge in [0.05, 0.1) is 5.56 Å². The van der Waals surface area contributed by atoms with Crippen molar-refractivity contribution in [3.8, 4) is 0 Å². The topological polar surface area (TPSA) is 92.4 Å². The van der Waals surface area contributed by atoms with Crippen molar-refractivity contribution < 1.29 is 14.1 Å². The summed E-state index contributed by atoms with van der Waals surface area (Å²) in [4.78, 5) is 10.9. The van der Waals surface area contributed by atoms with Crippen molar-refractivity contribution in [3.63, 3.8) is 0 Å². The van der Waals surface area contributed by atoms with Crippen LogP contribution in [0.4, 0.5) is 11.4 Å². The zero-order valence-electron chi connectivity index (χ0n) is 10.5. The molecule has 2 atom stereocenters. The Hall–Kier alpha value is -1.56. The number of carboxylic acids is 1. The number of carboxylic acid groups (broad SMARTS) is 1. The average Bonchev–Trinajstić information content (AvgIpc) is 2.28. The van der Waals surface area contributed by atoms with E-state index in [1.807, 2.05) is 6.92 Å². The van der Waals surface area contributed by atoms with E-state index in [0.717, 1.165) is 6.42 Å². The summed E-state index contributed by atoms with van der Waals surface area (Å²) < 4.78 is 11.0. The Kier molecular flexibility index (Phi) is 5.15. The molecule has 5 nitrogen and oxygen atoms in total. The predicted octanol–water partition coefficient (Wildman–Crippen LogP) is 1.54. The molecular weight excluding hydrogens is 252 g/mol. The molecule has 0 radical (unpaired) electrons. The number of hydrogen-bond donors (Lipinski definition) is 3. The highest BCUT2D eigenvalue weighted by atomic mass is 32.2. The first-order valence-corrected chi connectivity index (χ1v) is 7.32. The van der Waals surface area contributed by atoms with E-state index in [9.17, 15) is 9.00 Å². The highest BCUT2D eigenvalue weighted by Gasteiger charge is 2.10. The van der Waals surface area contributed by atoms with Crippen LogP contribution in [0.3, 0.4) is 0 Å². The van der Waals surface area contributed by atoms with Crippen molar-refractivity contribution in [3.05, 3.63) is 23.8 Å². The lowest BCUT2D eigenvalue weighted by atomic mass is 10.1. The van der Waals surface area contributed by atoms with Crippen molar-refractivity contribution in [2.75, 3.05) is 23.1 Å². The zero-order valence-corrected chi connectivity index (χ0v) is 11.3. The number of nitrogen functional groups attached to an aromatic ring is 1. The first-order valence-electron chi connectivity index (χ1n) is 5.59. The number of carbonyl (C=O) groups is 1. The van der Waals surface area contributed by atoms with Crippen molar-refractivity contribution in [1.82, 2.24) is 0 Å². The van der Waals surface area contributed by atoms with Crippen molar-refractivity contribution in [1.29, 1.82) is 0 Å². The number of hydrogen-bond acceptors (Lipinski definition) is 4. The monoisotopic (exact) mass is 270 g/mol. The molecule has 0 amide bonds. The van der Waals surface area contributed by atoms with Crippen LogP contribution in [0.2, 0.25) is 0 Å². The van der Waals surface area contributed by atoms with E-state index in [0.29, 0.717) is 11.4 Å². The lowest BCUT2D eigenvalue weighted by Crippen LogP contribution is -2.18. The molecule has 0 fully saturated rings. The maximum atomic E-state index is 11.0. The molecule has 6 heteroatoms. The molecule has 1 rings (SSSR count). The summed E-state index contributed by atoms with van der Waals surface area (Å²) in [5.41, 5.74) is 6.61. The molecule has 0 aliphatic heterocycles. The van der Waals surface area contributed by atoms with Gasteiger partial charge >= 0.3 is 5.97 Å². The number of nitrogens with one attached hydrogen (secondary N) is 1. The standard InChI is InChI=1S/C12H18N2O3S/c1-8(5-6-18(2)17)14-9-3-4-11(13)10(7-9)12(15)16/h3-4,7-8,14H,5-6,13H2,1-2H3,(H,15,16). The van der Waals surface area contributed by atoms with Crippen LogP contribution in [0, 0.1) is 0 Å². The molecular formula is C12H18N2O3S. The van der Waals surface area contributed by atoms with Gasteiger partial charge in [0, 0.05) is 40.2 Å². The first-order chi connectivity index (χ1) is 8.40. The number of aromatic carboxylic acids is 1. The molecule has 0 heterocycles. The van der Waals surface area contributed by atoms with Crippen LogP contribution < -0.4 is 11.1 Å². The number of rotatable bonds is 6. The first kappa shape index (κ1) is 14.5. The summed E-state index contributed by atoms with van der Waals surface area (Å²) in [5.74, 6) is -0.423. The minimum Gasteiger partial charge on any atom is -0.478 e. The quantitative estimate of drug-likeness (QED) is 0.682. The molecule has 18 heavy (non-hydrogen) atoms. The van der Waals surface area contributed by atoms with Crippen LogP contribution in [-0.4, -0.2) is 33.3 Å². The Morgan fingerprint density at radius 2 is 2.22 bits per heavy atom. The Morgan fingerprint density at radius 3 is 2.78 bits per heavy atom. The molecule has 2 unspecified atom stereocenters. The van der Waals surface area contributed by atoms with Gasteiger partial charge in [0.25, 0.3) is 0 Å². The summed E-state index contributed by atoms with van der Waals surface area (Å²) in [7, 11) is -0.814. The van der Waals surface area contributed by atoms with E-state index in [4.69, 9.17) is 10.8 Å². The lowest BCUT2D eigenvalue weighted by Gasteiger charge is -2.15. The maximum absolute atomic E-state index is 11.0. The molecule has 4 N–H and O–H groups in total. The number of benzene rings is 1. The van der Waals surface area contributed by atoms with Gasteiger partial charge in [-0.3, -0.25) is 4.21 Å². The summed E-state index contributed by atoms with van der Waals surface area (Å²) in [6.07, 6.45) is 2.42. The fourth-order valence-electron chi connectivity index (χ4n) is 1.53. The molecule has 0 aromatic heterocycles. The zero-order chi connectivity index (χ0) is 13.7. The van der Waals surface area contributed by atoms with Gasteiger partial charge in [-0.25, -0.2) is 4.79 Å². The number of nitrogens with two attached hydrogens (primary N) is 1. The Bertz CT molecular complexity index is 463. The highest BCUT2D eigenvalue weighted by Crippen LogP contribution is 2.19. The highest BCUT2D eigenvalue weighted by molar-refractivity contribution is 7.84. The van der Waals surface area contributed by atoms with Gasteiger partial charge in [-0.1, -0.05) is 0 Å². The SMILES string of the molecule is CC(CCS(C)=O)Nc1ccc(N)c(C(=O)O)c1. The molecule has 0 aliphatic carbocycles. The van der Waals surface area contributed by atoms with Crippen LogP contribution in [0.25, 0.3) is 0 Å². The van der Waals surface area contributed by atoms with Gasteiger partial charge in [-0.05, 0) is 31.5 Å². The second-order valence-corrected chi connectivity index (χ2v) is 5.77. The summed E-state index contributed by atoms with van der Waals surface area (Å²) in [6, 6.07) is 4.94. The van der Waals surface area contributed by atoms with E-state index in [1.165, 1.54) is 6.07 Å². The third-order valence-corrected chi connectivity index (χ3v) is 3.35. The largest absolute Gasteiger partial charge is 0.478 e. The normalized spacial score (nSPS) is 13.9. The minimum absolute atomic E-state index is 0.0891. The molecule has 0 aliphatic rings. The molecule has 100 valence electrons. The molecule has 1 aromatic rings. The van der Waals surface area contributed by atoms with Crippen molar-refractivity contribution >= 4 is 28.1 Å². The molecule has 0 saturated carbocycles. The second kappa shape index (κ2) is 6.39. The van der Waals surface area contributed by atoms with Gasteiger partial charge < -0.3 is 16.2 Å². The van der Waals surface area contributed by atoms with Gasteiger partial charge in [0.2, 0.25) is 0 Å². The van der Waals surface area contributed by atoms with Crippen LogP contribution in [-0.2, 0) is 10.8 Å². The Morgan fingerprint density at radius 1 is 1.56 bits per heavy atom. The molecule has 0 bridgehead atoms. The van der Waals surface area contributed by atoms with Crippen LogP contribution in [0.15, 0.2) is 18.2 Å². The lowest BCUT2D eigenvalue weighted by molar-refractivity contribution is 0.0698. The fourth-order valence-corrected chi connectivity index (χ4v) is 2.22. The van der Waals surface area contributed by atoms with E-state index in [1.54, 1.807) is 18.4 Å². The van der Waals surface area contributed by atoms with Crippen molar-refractivity contribution in [2.45, 2.75) is 19.4 Å². The number of anilines is 2. The Balaban J connectivity index is 2.70. The maximum Gasteiger partial charge on any atom is 0.337 e. The summed E-state index contributed by atoms with van der Waals surface area (Å²) in [5, 5.41) is 12.1. The van der Waals surface area contributed by atoms with Crippen LogP contribution in [0.5, 0.6) is 0 Å². The molecule has 0 spiro atoms. The van der Waals surface area contributed by atoms with Crippen LogP contribution in [0.1, 0.15) is 23.7 Å².